The zero-order valence-corrected chi connectivity index (χ0v) is 11.2. The summed E-state index contributed by atoms with van der Waals surface area (Å²) in [7, 11) is 0. The van der Waals surface area contributed by atoms with Crippen molar-refractivity contribution in [3.05, 3.63) is 64.5 Å². The molecule has 0 saturated carbocycles. The smallest absolute Gasteiger partial charge is 0.258 e. The molecule has 0 saturated heterocycles. The number of hydrogen-bond acceptors (Lipinski definition) is 2. The molecule has 2 aromatic carbocycles. The monoisotopic (exact) mass is 268 g/mol. The van der Waals surface area contributed by atoms with E-state index >= 15 is 0 Å². The number of nitriles is 1. The minimum atomic E-state index is -0.529. The van der Waals surface area contributed by atoms with Crippen LogP contribution >= 0.6 is 0 Å². The van der Waals surface area contributed by atoms with Gasteiger partial charge < -0.3 is 5.32 Å². The third kappa shape index (κ3) is 2.67. The van der Waals surface area contributed by atoms with Crippen LogP contribution in [0, 0.1) is 31.0 Å². The van der Waals surface area contributed by atoms with E-state index in [-0.39, 0.29) is 5.56 Å². The first-order chi connectivity index (χ1) is 9.52. The number of amides is 1. The Morgan fingerprint density at radius 1 is 1.20 bits per heavy atom. The van der Waals surface area contributed by atoms with Gasteiger partial charge in [0.1, 0.15) is 5.82 Å². The van der Waals surface area contributed by atoms with Crippen LogP contribution in [0.3, 0.4) is 0 Å². The minimum Gasteiger partial charge on any atom is -0.322 e. The summed E-state index contributed by atoms with van der Waals surface area (Å²) >= 11 is 0. The minimum absolute atomic E-state index is 0.00763. The standard InChI is InChI=1S/C16H13FN2O/c1-10-6-7-12(9-18)8-14(10)19-16(20)13-5-3-4-11(2)15(13)17/h3-8H,1-2H3,(H,19,20). The number of carbonyl (C=O) groups is 1. The van der Waals surface area contributed by atoms with E-state index in [2.05, 4.69) is 5.32 Å². The Labute approximate surface area is 116 Å². The van der Waals surface area contributed by atoms with Gasteiger partial charge in [-0.25, -0.2) is 4.39 Å². The van der Waals surface area contributed by atoms with E-state index in [0.717, 1.165) is 5.56 Å². The molecule has 0 bridgehead atoms. The maximum absolute atomic E-state index is 13.9. The second kappa shape index (κ2) is 5.54. The van der Waals surface area contributed by atoms with Crippen molar-refractivity contribution in [1.82, 2.24) is 0 Å². The lowest BCUT2D eigenvalue weighted by Crippen LogP contribution is -2.15. The van der Waals surface area contributed by atoms with Crippen LogP contribution < -0.4 is 5.32 Å². The van der Waals surface area contributed by atoms with E-state index in [1.54, 1.807) is 37.3 Å². The van der Waals surface area contributed by atoms with Crippen LogP contribution in [0.2, 0.25) is 0 Å². The molecule has 0 aliphatic heterocycles. The molecule has 0 spiro atoms. The molecule has 2 rings (SSSR count). The Hall–Kier alpha value is -2.67. The Balaban J connectivity index is 2.33. The molecular formula is C16H13FN2O. The zero-order chi connectivity index (χ0) is 14.7. The summed E-state index contributed by atoms with van der Waals surface area (Å²) in [6.07, 6.45) is 0. The second-order valence-corrected chi connectivity index (χ2v) is 4.53. The first-order valence-corrected chi connectivity index (χ1v) is 6.10. The highest BCUT2D eigenvalue weighted by Gasteiger charge is 2.14. The molecule has 0 aliphatic rings. The van der Waals surface area contributed by atoms with Crippen molar-refractivity contribution in [3.8, 4) is 6.07 Å². The summed E-state index contributed by atoms with van der Waals surface area (Å²) in [6.45, 7) is 3.41. The lowest BCUT2D eigenvalue weighted by molar-refractivity contribution is 0.102. The highest BCUT2D eigenvalue weighted by Crippen LogP contribution is 2.19. The molecule has 0 fully saturated rings. The number of nitrogens with one attached hydrogen (secondary N) is 1. The van der Waals surface area contributed by atoms with Gasteiger partial charge in [-0.15, -0.1) is 0 Å². The topological polar surface area (TPSA) is 52.9 Å². The zero-order valence-electron chi connectivity index (χ0n) is 11.2. The van der Waals surface area contributed by atoms with Crippen LogP contribution in [0.5, 0.6) is 0 Å². The molecule has 0 heterocycles. The van der Waals surface area contributed by atoms with Crippen LogP contribution in [0.25, 0.3) is 0 Å². The van der Waals surface area contributed by atoms with Gasteiger partial charge >= 0.3 is 0 Å². The Bertz CT molecular complexity index is 717. The maximum atomic E-state index is 13.9. The van der Waals surface area contributed by atoms with Gasteiger partial charge in [0.2, 0.25) is 0 Å². The van der Waals surface area contributed by atoms with Crippen LogP contribution in [0.4, 0.5) is 10.1 Å². The normalized spacial score (nSPS) is 9.90. The molecule has 1 amide bonds. The van der Waals surface area contributed by atoms with Crippen LogP contribution in [0.1, 0.15) is 27.0 Å². The van der Waals surface area contributed by atoms with E-state index in [9.17, 15) is 9.18 Å². The highest BCUT2D eigenvalue weighted by molar-refractivity contribution is 6.05. The van der Waals surface area contributed by atoms with Gasteiger partial charge in [-0.1, -0.05) is 18.2 Å². The van der Waals surface area contributed by atoms with Crippen molar-refractivity contribution < 1.29 is 9.18 Å². The van der Waals surface area contributed by atoms with Gasteiger partial charge in [-0.05, 0) is 43.2 Å². The van der Waals surface area contributed by atoms with Crippen molar-refractivity contribution in [1.29, 1.82) is 5.26 Å². The summed E-state index contributed by atoms with van der Waals surface area (Å²) in [4.78, 5) is 12.1. The van der Waals surface area contributed by atoms with E-state index in [0.29, 0.717) is 16.8 Å². The average molecular weight is 268 g/mol. The number of halogens is 1. The summed E-state index contributed by atoms with van der Waals surface area (Å²) in [5, 5.41) is 11.5. The third-order valence-corrected chi connectivity index (χ3v) is 3.05. The van der Waals surface area contributed by atoms with E-state index in [1.165, 1.54) is 6.07 Å². The fraction of sp³-hybridized carbons (Fsp3) is 0.125. The second-order valence-electron chi connectivity index (χ2n) is 4.53. The molecule has 0 aromatic heterocycles. The first-order valence-electron chi connectivity index (χ1n) is 6.10. The van der Waals surface area contributed by atoms with Gasteiger partial charge in [0, 0.05) is 5.69 Å². The lowest BCUT2D eigenvalue weighted by atomic mass is 10.1. The number of anilines is 1. The fourth-order valence-corrected chi connectivity index (χ4v) is 1.84. The van der Waals surface area contributed by atoms with Crippen molar-refractivity contribution in [3.63, 3.8) is 0 Å². The molecule has 0 unspecified atom stereocenters. The van der Waals surface area contributed by atoms with Gasteiger partial charge in [-0.3, -0.25) is 4.79 Å². The predicted octanol–water partition coefficient (Wildman–Crippen LogP) is 3.57. The average Bonchev–Trinajstić information content (AvgIpc) is 2.44. The summed E-state index contributed by atoms with van der Waals surface area (Å²) in [6, 6.07) is 11.6. The number of carbonyl (C=O) groups excluding carboxylic acids is 1. The summed E-state index contributed by atoms with van der Waals surface area (Å²) < 4.78 is 13.9. The first kappa shape index (κ1) is 13.8. The maximum Gasteiger partial charge on any atom is 0.258 e. The number of nitrogens with zero attached hydrogens (tertiary/aromatic N) is 1. The lowest BCUT2D eigenvalue weighted by Gasteiger charge is -2.10. The number of benzene rings is 2. The SMILES string of the molecule is Cc1ccc(C#N)cc1NC(=O)c1cccc(C)c1F. The molecule has 3 nitrogen and oxygen atoms in total. The molecule has 2 aromatic rings. The van der Waals surface area contributed by atoms with Gasteiger partial charge in [0.05, 0.1) is 17.2 Å². The highest BCUT2D eigenvalue weighted by atomic mass is 19.1. The van der Waals surface area contributed by atoms with Crippen LogP contribution in [0.15, 0.2) is 36.4 Å². The van der Waals surface area contributed by atoms with E-state index < -0.39 is 11.7 Å². The molecule has 100 valence electrons. The number of aryl methyl sites for hydroxylation is 2. The molecule has 20 heavy (non-hydrogen) atoms. The third-order valence-electron chi connectivity index (χ3n) is 3.05. The van der Waals surface area contributed by atoms with Crippen molar-refractivity contribution in [2.45, 2.75) is 13.8 Å². The van der Waals surface area contributed by atoms with Gasteiger partial charge in [0.25, 0.3) is 5.91 Å². The molecule has 0 radical (unpaired) electrons. The summed E-state index contributed by atoms with van der Waals surface area (Å²) in [5.74, 6) is -1.05. The van der Waals surface area contributed by atoms with Crippen molar-refractivity contribution in [2.75, 3.05) is 5.32 Å². The molecule has 4 heteroatoms. The van der Waals surface area contributed by atoms with E-state index in [4.69, 9.17) is 5.26 Å². The van der Waals surface area contributed by atoms with Crippen LogP contribution in [-0.4, -0.2) is 5.91 Å². The number of hydrogen-bond donors (Lipinski definition) is 1. The molecule has 1 N–H and O–H groups in total. The Morgan fingerprint density at radius 3 is 2.65 bits per heavy atom. The fourth-order valence-electron chi connectivity index (χ4n) is 1.84. The predicted molar refractivity (Wildman–Crippen MR) is 75.0 cm³/mol. The largest absolute Gasteiger partial charge is 0.322 e. The van der Waals surface area contributed by atoms with E-state index in [1.807, 2.05) is 13.0 Å². The quantitative estimate of drug-likeness (QED) is 0.905. The molecular weight excluding hydrogens is 255 g/mol. The van der Waals surface area contributed by atoms with Gasteiger partial charge in [0.15, 0.2) is 0 Å². The molecule has 0 aliphatic carbocycles. The van der Waals surface area contributed by atoms with Crippen molar-refractivity contribution in [2.24, 2.45) is 0 Å². The Morgan fingerprint density at radius 2 is 1.95 bits per heavy atom. The van der Waals surface area contributed by atoms with Gasteiger partial charge in [-0.2, -0.15) is 5.26 Å². The van der Waals surface area contributed by atoms with Crippen LogP contribution in [-0.2, 0) is 0 Å². The molecule has 0 atom stereocenters. The van der Waals surface area contributed by atoms with Crippen molar-refractivity contribution >= 4 is 11.6 Å². The number of rotatable bonds is 2. The summed E-state index contributed by atoms with van der Waals surface area (Å²) in [5.41, 5.74) is 2.17. The Kier molecular flexibility index (Phi) is 3.81.